The molecule has 0 bridgehead atoms. The zero-order chi connectivity index (χ0) is 19.8. The molecule has 1 aliphatic rings. The second-order valence-corrected chi connectivity index (χ2v) is 7.89. The summed E-state index contributed by atoms with van der Waals surface area (Å²) in [7, 11) is -4.41. The molecular formula is C18H18F3NO4S. The van der Waals surface area contributed by atoms with Gasteiger partial charge in [-0.25, -0.2) is 26.3 Å². The van der Waals surface area contributed by atoms with Crippen LogP contribution in [0.15, 0.2) is 29.2 Å². The first-order valence-electron chi connectivity index (χ1n) is 8.30. The Morgan fingerprint density at radius 3 is 2.56 bits per heavy atom. The smallest absolute Gasteiger partial charge is 0.243 e. The number of ether oxygens (including phenoxy) is 2. The average Bonchev–Trinajstić information content (AvgIpc) is 2.95. The van der Waals surface area contributed by atoms with Gasteiger partial charge in [-0.3, -0.25) is 0 Å². The van der Waals surface area contributed by atoms with Crippen LogP contribution in [0, 0.1) is 17.5 Å². The molecule has 0 saturated carbocycles. The average molecular weight is 401 g/mol. The monoisotopic (exact) mass is 401 g/mol. The second kappa shape index (κ2) is 7.40. The number of benzene rings is 2. The van der Waals surface area contributed by atoms with E-state index in [0.717, 1.165) is 5.56 Å². The maximum atomic E-state index is 13.8. The summed E-state index contributed by atoms with van der Waals surface area (Å²) >= 11 is 0. The lowest BCUT2D eigenvalue weighted by atomic mass is 10.1. The number of fused-ring (bicyclic) bond motifs is 1. The second-order valence-electron chi connectivity index (χ2n) is 6.15. The molecule has 5 nitrogen and oxygen atoms in total. The molecule has 0 aliphatic carbocycles. The van der Waals surface area contributed by atoms with Crippen molar-refractivity contribution < 1.29 is 31.1 Å². The molecule has 146 valence electrons. The fourth-order valence-corrected chi connectivity index (χ4v) is 3.95. The molecule has 1 unspecified atom stereocenters. The van der Waals surface area contributed by atoms with Gasteiger partial charge in [0.25, 0.3) is 0 Å². The van der Waals surface area contributed by atoms with Crippen molar-refractivity contribution in [3.63, 3.8) is 0 Å². The lowest BCUT2D eigenvalue weighted by Crippen LogP contribution is -2.25. The number of hydrogen-bond donors (Lipinski definition) is 1. The lowest BCUT2D eigenvalue weighted by Gasteiger charge is -2.14. The Labute approximate surface area is 155 Å². The first kappa shape index (κ1) is 19.5. The Morgan fingerprint density at radius 2 is 1.85 bits per heavy atom. The van der Waals surface area contributed by atoms with Crippen molar-refractivity contribution >= 4 is 10.0 Å². The number of hydrogen-bond acceptors (Lipinski definition) is 4. The van der Waals surface area contributed by atoms with Gasteiger partial charge in [-0.05, 0) is 32.0 Å². The van der Waals surface area contributed by atoms with E-state index < -0.39 is 32.4 Å². The molecule has 27 heavy (non-hydrogen) atoms. The highest BCUT2D eigenvalue weighted by atomic mass is 32.2. The van der Waals surface area contributed by atoms with Gasteiger partial charge in [0.1, 0.15) is 28.3 Å². The summed E-state index contributed by atoms with van der Waals surface area (Å²) in [5.74, 6) is -3.19. The third-order valence-corrected chi connectivity index (χ3v) is 5.51. The highest BCUT2D eigenvalue weighted by Gasteiger charge is 2.25. The lowest BCUT2D eigenvalue weighted by molar-refractivity contribution is 0.254. The number of rotatable bonds is 6. The minimum Gasteiger partial charge on any atom is -0.494 e. The molecule has 1 atom stereocenters. The Bertz CT molecular complexity index is 979. The van der Waals surface area contributed by atoms with Gasteiger partial charge in [0.2, 0.25) is 10.0 Å². The Kier molecular flexibility index (Phi) is 5.34. The molecule has 1 aliphatic heterocycles. The number of nitrogens with one attached hydrogen (secondary N) is 1. The zero-order valence-electron chi connectivity index (χ0n) is 14.7. The van der Waals surface area contributed by atoms with Gasteiger partial charge in [-0.2, -0.15) is 0 Å². The molecule has 9 heteroatoms. The van der Waals surface area contributed by atoms with E-state index in [2.05, 4.69) is 4.72 Å². The van der Waals surface area contributed by atoms with E-state index in [1.54, 1.807) is 19.1 Å². The van der Waals surface area contributed by atoms with Crippen molar-refractivity contribution in [1.29, 1.82) is 0 Å². The molecular weight excluding hydrogens is 383 g/mol. The van der Waals surface area contributed by atoms with Crippen molar-refractivity contribution in [3.8, 4) is 11.5 Å². The van der Waals surface area contributed by atoms with E-state index in [-0.39, 0.29) is 18.7 Å². The van der Waals surface area contributed by atoms with Crippen LogP contribution in [-0.4, -0.2) is 21.1 Å². The van der Waals surface area contributed by atoms with Gasteiger partial charge in [-0.15, -0.1) is 0 Å². The van der Waals surface area contributed by atoms with Crippen LogP contribution in [0.1, 0.15) is 25.0 Å². The zero-order valence-corrected chi connectivity index (χ0v) is 15.5. The van der Waals surface area contributed by atoms with Crippen LogP contribution >= 0.6 is 0 Å². The normalized spacial score (nSPS) is 16.1. The molecule has 0 amide bonds. The molecule has 2 aromatic rings. The molecule has 0 radical (unpaired) electrons. The Hall–Kier alpha value is -2.26. The summed E-state index contributed by atoms with van der Waals surface area (Å²) in [5, 5.41) is 0. The number of halogens is 3. The molecule has 0 saturated heterocycles. The van der Waals surface area contributed by atoms with Gasteiger partial charge >= 0.3 is 0 Å². The topological polar surface area (TPSA) is 64.6 Å². The van der Waals surface area contributed by atoms with Gasteiger partial charge in [0, 0.05) is 30.2 Å². The highest BCUT2D eigenvalue weighted by molar-refractivity contribution is 7.89. The first-order valence-corrected chi connectivity index (χ1v) is 9.79. The predicted molar refractivity (Wildman–Crippen MR) is 91.7 cm³/mol. The van der Waals surface area contributed by atoms with Crippen LogP contribution in [0.2, 0.25) is 0 Å². The van der Waals surface area contributed by atoms with Crippen LogP contribution in [0.3, 0.4) is 0 Å². The van der Waals surface area contributed by atoms with E-state index in [1.807, 2.05) is 6.92 Å². The SMILES string of the molecule is CCOc1cc2c(cc1CNS(=O)(=O)c1cc(F)c(F)cc1F)OC(C)C2. The molecule has 1 heterocycles. The van der Waals surface area contributed by atoms with Gasteiger partial charge in [0.15, 0.2) is 11.6 Å². The minimum atomic E-state index is -4.41. The molecule has 0 spiro atoms. The van der Waals surface area contributed by atoms with Crippen LogP contribution in [0.4, 0.5) is 13.2 Å². The van der Waals surface area contributed by atoms with E-state index in [0.29, 0.717) is 36.2 Å². The molecule has 2 aromatic carbocycles. The summed E-state index contributed by atoms with van der Waals surface area (Å²) in [4.78, 5) is -0.967. The Balaban J connectivity index is 1.88. The fourth-order valence-electron chi connectivity index (χ4n) is 2.87. The molecule has 0 fully saturated rings. The Morgan fingerprint density at radius 1 is 1.15 bits per heavy atom. The van der Waals surface area contributed by atoms with E-state index in [1.165, 1.54) is 0 Å². The van der Waals surface area contributed by atoms with Crippen molar-refractivity contribution in [1.82, 2.24) is 4.72 Å². The third kappa shape index (κ3) is 4.03. The molecule has 1 N–H and O–H groups in total. The fraction of sp³-hybridized carbons (Fsp3) is 0.333. The van der Waals surface area contributed by atoms with Crippen molar-refractivity contribution in [2.24, 2.45) is 0 Å². The van der Waals surface area contributed by atoms with E-state index in [9.17, 15) is 21.6 Å². The molecule has 0 aromatic heterocycles. The number of sulfonamides is 1. The summed E-state index contributed by atoms with van der Waals surface area (Å²) in [6.45, 7) is 3.83. The van der Waals surface area contributed by atoms with E-state index >= 15 is 0 Å². The summed E-state index contributed by atoms with van der Waals surface area (Å²) < 4.78 is 78.2. The highest BCUT2D eigenvalue weighted by Crippen LogP contribution is 2.35. The maximum Gasteiger partial charge on any atom is 0.243 e. The standard InChI is InChI=1S/C18H18F3NO4S/c1-3-25-16-5-11-4-10(2)26-17(11)6-12(16)9-22-27(23,24)18-8-14(20)13(19)7-15(18)21/h5-8,10,22H,3-4,9H2,1-2H3. The van der Waals surface area contributed by atoms with Crippen LogP contribution in [-0.2, 0) is 23.0 Å². The van der Waals surface area contributed by atoms with Crippen molar-refractivity contribution in [3.05, 3.63) is 52.8 Å². The van der Waals surface area contributed by atoms with Crippen LogP contribution in [0.25, 0.3) is 0 Å². The van der Waals surface area contributed by atoms with Gasteiger partial charge < -0.3 is 9.47 Å². The minimum absolute atomic E-state index is 0.00213. The quantitative estimate of drug-likeness (QED) is 0.755. The largest absolute Gasteiger partial charge is 0.494 e. The third-order valence-electron chi connectivity index (χ3n) is 4.10. The molecule has 3 rings (SSSR count). The summed E-state index contributed by atoms with van der Waals surface area (Å²) in [6.07, 6.45) is 0.708. The summed E-state index contributed by atoms with van der Waals surface area (Å²) in [6, 6.07) is 3.95. The first-order chi connectivity index (χ1) is 12.7. The van der Waals surface area contributed by atoms with Crippen LogP contribution in [0.5, 0.6) is 11.5 Å². The van der Waals surface area contributed by atoms with Crippen molar-refractivity contribution in [2.45, 2.75) is 37.8 Å². The predicted octanol–water partition coefficient (Wildman–Crippen LogP) is 3.30. The van der Waals surface area contributed by atoms with E-state index in [4.69, 9.17) is 9.47 Å². The van der Waals surface area contributed by atoms with Gasteiger partial charge in [0.05, 0.1) is 6.61 Å². The maximum absolute atomic E-state index is 13.8. The van der Waals surface area contributed by atoms with Crippen LogP contribution < -0.4 is 14.2 Å². The van der Waals surface area contributed by atoms with Gasteiger partial charge in [-0.1, -0.05) is 0 Å². The summed E-state index contributed by atoms with van der Waals surface area (Å²) in [5.41, 5.74) is 1.43. The van der Waals surface area contributed by atoms with Crippen molar-refractivity contribution in [2.75, 3.05) is 6.61 Å².